The van der Waals surface area contributed by atoms with Crippen LogP contribution in [0.2, 0.25) is 0 Å². The van der Waals surface area contributed by atoms with E-state index in [0.29, 0.717) is 5.76 Å². The van der Waals surface area contributed by atoms with Gasteiger partial charge in [0.15, 0.2) is 0 Å². The third-order valence-electron chi connectivity index (χ3n) is 2.85. The number of aromatic carboxylic acids is 1. The van der Waals surface area contributed by atoms with Gasteiger partial charge >= 0.3 is 5.97 Å². The molecule has 0 radical (unpaired) electrons. The second kappa shape index (κ2) is 4.61. The predicted octanol–water partition coefficient (Wildman–Crippen LogP) is 3.16. The lowest BCUT2D eigenvalue weighted by molar-refractivity contribution is 0.0659. The Balaban J connectivity index is 2.38. The molecule has 0 fully saturated rings. The molecule has 6 heteroatoms. The first-order chi connectivity index (χ1) is 8.41. The van der Waals surface area contributed by atoms with Gasteiger partial charge in [-0.15, -0.1) is 0 Å². The van der Waals surface area contributed by atoms with E-state index in [2.05, 4.69) is 21.0 Å². The maximum atomic E-state index is 10.8. The molecule has 0 saturated heterocycles. The molecule has 0 aromatic carbocycles. The van der Waals surface area contributed by atoms with Crippen molar-refractivity contribution in [2.45, 2.75) is 26.8 Å². The minimum Gasteiger partial charge on any atom is -0.475 e. The van der Waals surface area contributed by atoms with Crippen molar-refractivity contribution in [2.75, 3.05) is 0 Å². The van der Waals surface area contributed by atoms with Crippen molar-refractivity contribution in [3.8, 4) is 0 Å². The van der Waals surface area contributed by atoms with Gasteiger partial charge < -0.3 is 9.52 Å². The number of halogens is 1. The van der Waals surface area contributed by atoms with Crippen LogP contribution in [0.4, 0.5) is 0 Å². The fraction of sp³-hybridized carbons (Fsp3) is 0.333. The highest BCUT2D eigenvalue weighted by molar-refractivity contribution is 9.10. The molecule has 0 bridgehead atoms. The standard InChI is InChI=1S/C12H13BrN2O3/c1-6-11(13)8(3)15(14-6)7(2)9-4-5-10(18-9)12(16)17/h4-5,7H,1-3H3,(H,16,17). The summed E-state index contributed by atoms with van der Waals surface area (Å²) in [5, 5.41) is 13.2. The molecule has 0 aliphatic rings. The molecule has 2 aromatic rings. The van der Waals surface area contributed by atoms with Gasteiger partial charge in [0.05, 0.1) is 15.9 Å². The van der Waals surface area contributed by atoms with Crippen molar-refractivity contribution in [1.29, 1.82) is 0 Å². The number of furan rings is 1. The predicted molar refractivity (Wildman–Crippen MR) is 68.9 cm³/mol. The third-order valence-corrected chi connectivity index (χ3v) is 4.00. The second-order valence-electron chi connectivity index (χ2n) is 4.11. The summed E-state index contributed by atoms with van der Waals surface area (Å²) in [6, 6.07) is 2.97. The molecule has 0 aliphatic heterocycles. The number of carboxylic acid groups (broad SMARTS) is 1. The van der Waals surface area contributed by atoms with Crippen LogP contribution in [0.1, 0.15) is 40.7 Å². The van der Waals surface area contributed by atoms with Crippen molar-refractivity contribution in [1.82, 2.24) is 9.78 Å². The number of nitrogens with zero attached hydrogens (tertiary/aromatic N) is 2. The van der Waals surface area contributed by atoms with Crippen molar-refractivity contribution in [2.24, 2.45) is 0 Å². The van der Waals surface area contributed by atoms with Gasteiger partial charge in [-0.1, -0.05) is 0 Å². The Hall–Kier alpha value is -1.56. The van der Waals surface area contributed by atoms with Gasteiger partial charge in [0.1, 0.15) is 11.8 Å². The summed E-state index contributed by atoms with van der Waals surface area (Å²) in [6.07, 6.45) is 0. The maximum absolute atomic E-state index is 10.8. The smallest absolute Gasteiger partial charge is 0.371 e. The number of carbonyl (C=O) groups is 1. The van der Waals surface area contributed by atoms with Gasteiger partial charge in [0, 0.05) is 0 Å². The topological polar surface area (TPSA) is 68.3 Å². The fourth-order valence-corrected chi connectivity index (χ4v) is 2.09. The number of hydrogen-bond acceptors (Lipinski definition) is 3. The summed E-state index contributed by atoms with van der Waals surface area (Å²) in [7, 11) is 0. The molecule has 0 aliphatic carbocycles. The van der Waals surface area contributed by atoms with E-state index in [1.54, 1.807) is 6.07 Å². The molecule has 0 saturated carbocycles. The van der Waals surface area contributed by atoms with E-state index in [0.717, 1.165) is 15.9 Å². The monoisotopic (exact) mass is 312 g/mol. The maximum Gasteiger partial charge on any atom is 0.371 e. The molecular formula is C12H13BrN2O3. The average molecular weight is 313 g/mol. The van der Waals surface area contributed by atoms with Crippen LogP contribution < -0.4 is 0 Å². The van der Waals surface area contributed by atoms with Crippen molar-refractivity contribution in [3.63, 3.8) is 0 Å². The first kappa shape index (κ1) is 12.9. The number of carboxylic acids is 1. The quantitative estimate of drug-likeness (QED) is 0.945. The summed E-state index contributed by atoms with van der Waals surface area (Å²) in [5.41, 5.74) is 1.87. The lowest BCUT2D eigenvalue weighted by atomic mass is 10.2. The van der Waals surface area contributed by atoms with E-state index in [4.69, 9.17) is 9.52 Å². The number of rotatable bonds is 3. The lowest BCUT2D eigenvalue weighted by Gasteiger charge is -2.11. The molecule has 2 heterocycles. The van der Waals surface area contributed by atoms with E-state index in [1.165, 1.54) is 6.07 Å². The number of aryl methyl sites for hydroxylation is 1. The Labute approximate surface area is 113 Å². The minimum absolute atomic E-state index is 0.0579. The van der Waals surface area contributed by atoms with Gasteiger partial charge in [-0.3, -0.25) is 4.68 Å². The zero-order chi connectivity index (χ0) is 13.4. The fourth-order valence-electron chi connectivity index (χ4n) is 1.83. The first-order valence-electron chi connectivity index (χ1n) is 5.46. The zero-order valence-corrected chi connectivity index (χ0v) is 11.9. The largest absolute Gasteiger partial charge is 0.475 e. The first-order valence-corrected chi connectivity index (χ1v) is 6.25. The summed E-state index contributed by atoms with van der Waals surface area (Å²) in [6.45, 7) is 5.77. The van der Waals surface area contributed by atoms with Crippen LogP contribution in [-0.4, -0.2) is 20.9 Å². The Morgan fingerprint density at radius 1 is 1.50 bits per heavy atom. The molecular weight excluding hydrogens is 300 g/mol. The highest BCUT2D eigenvalue weighted by Crippen LogP contribution is 2.27. The van der Waals surface area contributed by atoms with E-state index < -0.39 is 5.97 Å². The summed E-state index contributed by atoms with van der Waals surface area (Å²) in [4.78, 5) is 10.8. The lowest BCUT2D eigenvalue weighted by Crippen LogP contribution is -2.09. The van der Waals surface area contributed by atoms with Crippen LogP contribution in [0.3, 0.4) is 0 Å². The van der Waals surface area contributed by atoms with Crippen molar-refractivity contribution >= 4 is 21.9 Å². The molecule has 1 atom stereocenters. The highest BCUT2D eigenvalue weighted by Gasteiger charge is 2.19. The summed E-state index contributed by atoms with van der Waals surface area (Å²) >= 11 is 3.46. The van der Waals surface area contributed by atoms with E-state index in [9.17, 15) is 4.79 Å². The highest BCUT2D eigenvalue weighted by atomic mass is 79.9. The molecule has 0 amide bonds. The van der Waals surface area contributed by atoms with Gasteiger partial charge in [-0.05, 0) is 48.8 Å². The molecule has 18 heavy (non-hydrogen) atoms. The Morgan fingerprint density at radius 3 is 2.61 bits per heavy atom. The molecule has 1 unspecified atom stereocenters. The SMILES string of the molecule is Cc1nn(C(C)c2ccc(C(=O)O)o2)c(C)c1Br. The van der Waals surface area contributed by atoms with Gasteiger partial charge in [0.2, 0.25) is 5.76 Å². The van der Waals surface area contributed by atoms with Crippen LogP contribution in [0.15, 0.2) is 21.0 Å². The Bertz CT molecular complexity index is 600. The van der Waals surface area contributed by atoms with E-state index in [1.807, 2.05) is 25.5 Å². The molecule has 1 N–H and O–H groups in total. The average Bonchev–Trinajstić information content (AvgIpc) is 2.90. The van der Waals surface area contributed by atoms with E-state index >= 15 is 0 Å². The molecule has 0 spiro atoms. The van der Waals surface area contributed by atoms with Crippen molar-refractivity contribution < 1.29 is 14.3 Å². The van der Waals surface area contributed by atoms with Gasteiger partial charge in [-0.25, -0.2) is 4.79 Å². The number of aromatic nitrogens is 2. The molecule has 2 rings (SSSR count). The van der Waals surface area contributed by atoms with Crippen LogP contribution >= 0.6 is 15.9 Å². The molecule has 5 nitrogen and oxygen atoms in total. The van der Waals surface area contributed by atoms with E-state index in [-0.39, 0.29) is 11.8 Å². The van der Waals surface area contributed by atoms with Crippen LogP contribution in [0.5, 0.6) is 0 Å². The van der Waals surface area contributed by atoms with Gasteiger partial charge in [0.25, 0.3) is 0 Å². The van der Waals surface area contributed by atoms with Crippen LogP contribution in [0, 0.1) is 13.8 Å². The molecule has 96 valence electrons. The third kappa shape index (κ3) is 2.08. The second-order valence-corrected chi connectivity index (χ2v) is 4.91. The minimum atomic E-state index is -1.07. The van der Waals surface area contributed by atoms with Crippen molar-refractivity contribution in [3.05, 3.63) is 39.5 Å². The summed E-state index contributed by atoms with van der Waals surface area (Å²) in [5.74, 6) is -0.550. The van der Waals surface area contributed by atoms with Crippen LogP contribution in [-0.2, 0) is 0 Å². The zero-order valence-electron chi connectivity index (χ0n) is 10.3. The van der Waals surface area contributed by atoms with Gasteiger partial charge in [-0.2, -0.15) is 5.10 Å². The Morgan fingerprint density at radius 2 is 2.17 bits per heavy atom. The Kier molecular flexibility index (Phi) is 3.30. The number of hydrogen-bond donors (Lipinski definition) is 1. The molecule has 2 aromatic heterocycles. The summed E-state index contributed by atoms with van der Waals surface area (Å²) < 4.78 is 8.06. The normalized spacial score (nSPS) is 12.7. The van der Waals surface area contributed by atoms with Crippen LogP contribution in [0.25, 0.3) is 0 Å².